The van der Waals surface area contributed by atoms with Crippen LogP contribution in [0.4, 0.5) is 16.2 Å². The normalized spacial score (nSPS) is 18.9. The van der Waals surface area contributed by atoms with Crippen molar-refractivity contribution in [1.29, 1.82) is 0 Å². The van der Waals surface area contributed by atoms with Crippen LogP contribution in [0.1, 0.15) is 47.8 Å². The zero-order valence-corrected chi connectivity index (χ0v) is 14.9. The zero-order chi connectivity index (χ0) is 18.6. The van der Waals surface area contributed by atoms with Gasteiger partial charge in [-0.05, 0) is 49.9 Å². The second-order valence-corrected chi connectivity index (χ2v) is 6.89. The Labute approximate surface area is 156 Å². The molecule has 3 N–H and O–H groups in total. The number of urea groups is 1. The maximum atomic E-state index is 12.2. The van der Waals surface area contributed by atoms with E-state index in [1.807, 2.05) is 0 Å². The Morgan fingerprint density at radius 1 is 1.07 bits per heavy atom. The molecule has 3 amide bonds. The van der Waals surface area contributed by atoms with Crippen LogP contribution in [0, 0.1) is 0 Å². The summed E-state index contributed by atoms with van der Waals surface area (Å²) in [6.45, 7) is 1.26. The number of amides is 3. The van der Waals surface area contributed by atoms with Crippen LogP contribution >= 0.6 is 0 Å². The molecule has 2 fully saturated rings. The molecule has 1 atom stereocenters. The number of aromatic nitrogens is 1. The third-order valence-corrected chi connectivity index (χ3v) is 4.66. The van der Waals surface area contributed by atoms with Crippen molar-refractivity contribution in [2.24, 2.45) is 0 Å². The van der Waals surface area contributed by atoms with E-state index in [0.717, 1.165) is 38.1 Å². The Morgan fingerprint density at radius 3 is 2.48 bits per heavy atom. The van der Waals surface area contributed by atoms with Gasteiger partial charge < -0.3 is 25.2 Å². The number of nitrogens with one attached hydrogen (secondary N) is 3. The van der Waals surface area contributed by atoms with Gasteiger partial charge in [0.05, 0.1) is 6.10 Å². The summed E-state index contributed by atoms with van der Waals surface area (Å²) in [4.78, 5) is 24.1. The molecule has 2 heterocycles. The lowest BCUT2D eigenvalue weighted by molar-refractivity contribution is 0.101. The molecule has 142 valence electrons. The predicted octanol–water partition coefficient (Wildman–Crippen LogP) is 3.10. The van der Waals surface area contributed by atoms with Gasteiger partial charge in [-0.3, -0.25) is 4.79 Å². The quantitative estimate of drug-likeness (QED) is 0.724. The highest BCUT2D eigenvalue weighted by molar-refractivity contribution is 6.03. The summed E-state index contributed by atoms with van der Waals surface area (Å²) < 4.78 is 10.7. The predicted molar refractivity (Wildman–Crippen MR) is 98.9 cm³/mol. The van der Waals surface area contributed by atoms with Gasteiger partial charge >= 0.3 is 6.03 Å². The molecule has 1 aliphatic heterocycles. The largest absolute Gasteiger partial charge is 0.376 e. The maximum absolute atomic E-state index is 12.2. The number of anilines is 2. The van der Waals surface area contributed by atoms with Gasteiger partial charge in [0.1, 0.15) is 5.76 Å². The molecule has 0 radical (unpaired) electrons. The van der Waals surface area contributed by atoms with Crippen molar-refractivity contribution in [1.82, 2.24) is 10.5 Å². The second kappa shape index (κ2) is 7.79. The van der Waals surface area contributed by atoms with Crippen molar-refractivity contribution >= 4 is 23.3 Å². The van der Waals surface area contributed by atoms with Crippen molar-refractivity contribution < 1.29 is 18.8 Å². The van der Waals surface area contributed by atoms with E-state index in [9.17, 15) is 9.59 Å². The molecular formula is C19H22N4O4. The van der Waals surface area contributed by atoms with E-state index in [2.05, 4.69) is 21.1 Å². The number of carbonyl (C=O) groups excluding carboxylic acids is 2. The number of hydrogen-bond acceptors (Lipinski definition) is 5. The van der Waals surface area contributed by atoms with Gasteiger partial charge in [0.15, 0.2) is 5.69 Å². The highest BCUT2D eigenvalue weighted by Gasteiger charge is 2.28. The highest BCUT2D eigenvalue weighted by atomic mass is 16.5. The third-order valence-electron chi connectivity index (χ3n) is 4.66. The molecule has 2 aliphatic rings. The average molecular weight is 370 g/mol. The standard InChI is InChI=1S/C19H22N4O4/c24-18(16-10-17(27-23-16)12-3-4-12)21-13-5-7-14(8-6-13)22-19(25)20-11-15-2-1-9-26-15/h5-8,10,12,15H,1-4,9,11H2,(H,21,24)(H2,20,22,25)/t15-/m0/s1. The topological polar surface area (TPSA) is 105 Å². The molecule has 1 saturated heterocycles. The minimum Gasteiger partial charge on any atom is -0.376 e. The van der Waals surface area contributed by atoms with E-state index in [1.54, 1.807) is 30.3 Å². The molecular weight excluding hydrogens is 348 g/mol. The highest BCUT2D eigenvalue weighted by Crippen LogP contribution is 2.40. The van der Waals surface area contributed by atoms with Crippen LogP contribution in [-0.2, 0) is 4.74 Å². The lowest BCUT2D eigenvalue weighted by Gasteiger charge is -2.12. The van der Waals surface area contributed by atoms with Gasteiger partial charge in [-0.15, -0.1) is 0 Å². The Bertz CT molecular complexity index is 807. The monoisotopic (exact) mass is 370 g/mol. The van der Waals surface area contributed by atoms with Gasteiger partial charge in [-0.2, -0.15) is 0 Å². The van der Waals surface area contributed by atoms with Crippen LogP contribution in [0.3, 0.4) is 0 Å². The smallest absolute Gasteiger partial charge is 0.319 e. The van der Waals surface area contributed by atoms with Crippen molar-refractivity contribution in [3.63, 3.8) is 0 Å². The second-order valence-electron chi connectivity index (χ2n) is 6.89. The van der Waals surface area contributed by atoms with Crippen LogP contribution in [0.15, 0.2) is 34.9 Å². The van der Waals surface area contributed by atoms with Crippen molar-refractivity contribution in [3.8, 4) is 0 Å². The van der Waals surface area contributed by atoms with E-state index in [4.69, 9.17) is 9.26 Å². The molecule has 27 heavy (non-hydrogen) atoms. The van der Waals surface area contributed by atoms with Gasteiger partial charge in [0.25, 0.3) is 5.91 Å². The molecule has 0 spiro atoms. The fourth-order valence-corrected chi connectivity index (χ4v) is 2.98. The first-order chi connectivity index (χ1) is 13.2. The molecule has 0 bridgehead atoms. The molecule has 1 aromatic heterocycles. The van der Waals surface area contributed by atoms with E-state index < -0.39 is 0 Å². The molecule has 1 saturated carbocycles. The number of ether oxygens (including phenoxy) is 1. The summed E-state index contributed by atoms with van der Waals surface area (Å²) in [6.07, 6.45) is 4.29. The van der Waals surface area contributed by atoms with Crippen molar-refractivity contribution in [3.05, 3.63) is 41.8 Å². The minimum atomic E-state index is -0.319. The summed E-state index contributed by atoms with van der Waals surface area (Å²) in [5.41, 5.74) is 1.52. The van der Waals surface area contributed by atoms with Gasteiger partial charge in [0, 0.05) is 36.5 Å². The van der Waals surface area contributed by atoms with E-state index >= 15 is 0 Å². The van der Waals surface area contributed by atoms with Crippen LogP contribution in [0.25, 0.3) is 0 Å². The third kappa shape index (κ3) is 4.65. The van der Waals surface area contributed by atoms with Gasteiger partial charge in [-0.1, -0.05) is 5.16 Å². The first kappa shape index (κ1) is 17.5. The first-order valence-corrected chi connectivity index (χ1v) is 9.22. The van der Waals surface area contributed by atoms with E-state index in [-0.39, 0.29) is 23.7 Å². The fourth-order valence-electron chi connectivity index (χ4n) is 2.98. The number of rotatable bonds is 6. The summed E-state index contributed by atoms with van der Waals surface area (Å²) in [6, 6.07) is 8.29. The summed E-state index contributed by atoms with van der Waals surface area (Å²) in [5, 5.41) is 12.1. The number of hydrogen-bond donors (Lipinski definition) is 3. The Morgan fingerprint density at radius 2 is 1.81 bits per heavy atom. The minimum absolute atomic E-state index is 0.102. The molecule has 0 unspecified atom stereocenters. The molecule has 2 aromatic rings. The Balaban J connectivity index is 1.26. The van der Waals surface area contributed by atoms with Crippen LogP contribution < -0.4 is 16.0 Å². The lowest BCUT2D eigenvalue weighted by atomic mass is 10.2. The lowest BCUT2D eigenvalue weighted by Crippen LogP contribution is -2.35. The molecule has 1 aliphatic carbocycles. The summed E-state index contributed by atoms with van der Waals surface area (Å²) in [5.74, 6) is 0.866. The SMILES string of the molecule is O=C(NC[C@@H]1CCCO1)Nc1ccc(NC(=O)c2cc(C3CC3)on2)cc1. The first-order valence-electron chi connectivity index (χ1n) is 9.22. The van der Waals surface area contributed by atoms with Crippen LogP contribution in [0.2, 0.25) is 0 Å². The fraction of sp³-hybridized carbons (Fsp3) is 0.421. The van der Waals surface area contributed by atoms with Crippen molar-refractivity contribution in [2.75, 3.05) is 23.8 Å². The number of nitrogens with zero attached hydrogens (tertiary/aromatic N) is 1. The Hall–Kier alpha value is -2.87. The van der Waals surface area contributed by atoms with Gasteiger partial charge in [0.2, 0.25) is 0 Å². The molecule has 1 aromatic carbocycles. The molecule has 4 rings (SSSR count). The molecule has 8 heteroatoms. The maximum Gasteiger partial charge on any atom is 0.319 e. The summed E-state index contributed by atoms with van der Waals surface area (Å²) >= 11 is 0. The summed E-state index contributed by atoms with van der Waals surface area (Å²) in [7, 11) is 0. The van der Waals surface area contributed by atoms with E-state index in [0.29, 0.717) is 23.8 Å². The molecule has 8 nitrogen and oxygen atoms in total. The zero-order valence-electron chi connectivity index (χ0n) is 14.9. The van der Waals surface area contributed by atoms with E-state index in [1.165, 1.54) is 0 Å². The number of carbonyl (C=O) groups is 2. The average Bonchev–Trinajstić information content (AvgIpc) is 3.18. The van der Waals surface area contributed by atoms with Crippen LogP contribution in [-0.4, -0.2) is 36.4 Å². The van der Waals surface area contributed by atoms with Crippen LogP contribution in [0.5, 0.6) is 0 Å². The van der Waals surface area contributed by atoms with Crippen molar-refractivity contribution in [2.45, 2.75) is 37.7 Å². The number of benzene rings is 1. The van der Waals surface area contributed by atoms with Gasteiger partial charge in [-0.25, -0.2) is 4.79 Å². The Kier molecular flexibility index (Phi) is 5.06.